The topological polar surface area (TPSA) is 60.4 Å². The van der Waals surface area contributed by atoms with Gasteiger partial charge in [-0.2, -0.15) is 13.2 Å². The predicted octanol–water partition coefficient (Wildman–Crippen LogP) is 3.08. The van der Waals surface area contributed by atoms with Gasteiger partial charge < -0.3 is 4.74 Å². The Bertz CT molecular complexity index is 596. The van der Waals surface area contributed by atoms with Gasteiger partial charge in [0.15, 0.2) is 5.25 Å². The molecule has 0 N–H and O–H groups in total. The van der Waals surface area contributed by atoms with E-state index in [4.69, 9.17) is 4.74 Å². The molecule has 0 aliphatic carbocycles. The lowest BCUT2D eigenvalue weighted by Crippen LogP contribution is -2.44. The molecule has 0 bridgehead atoms. The molecular weight excluding hydrogens is 321 g/mol. The maximum absolute atomic E-state index is 12.7. The second kappa shape index (κ2) is 7.13. The van der Waals surface area contributed by atoms with Crippen LogP contribution >= 0.6 is 0 Å². The summed E-state index contributed by atoms with van der Waals surface area (Å²) >= 11 is 0. The van der Waals surface area contributed by atoms with Gasteiger partial charge in [-0.25, -0.2) is 8.42 Å². The number of esters is 1. The molecule has 4 nitrogen and oxygen atoms in total. The Morgan fingerprint density at radius 3 is 2.23 bits per heavy atom. The van der Waals surface area contributed by atoms with E-state index in [1.165, 1.54) is 13.8 Å². The van der Waals surface area contributed by atoms with Crippen molar-refractivity contribution in [3.05, 3.63) is 35.9 Å². The number of halogens is 3. The Morgan fingerprint density at radius 2 is 1.77 bits per heavy atom. The fourth-order valence-corrected chi connectivity index (χ4v) is 3.25. The van der Waals surface area contributed by atoms with E-state index in [0.29, 0.717) is 5.56 Å². The molecule has 0 unspecified atom stereocenters. The average Bonchev–Trinajstić information content (AvgIpc) is 2.44. The van der Waals surface area contributed by atoms with Crippen molar-refractivity contribution in [3.63, 3.8) is 0 Å². The maximum atomic E-state index is 12.7. The van der Waals surface area contributed by atoms with E-state index in [2.05, 4.69) is 0 Å². The highest BCUT2D eigenvalue weighted by molar-refractivity contribution is 7.93. The van der Waals surface area contributed by atoms with Gasteiger partial charge in [-0.15, -0.1) is 0 Å². The number of hydrogen-bond acceptors (Lipinski definition) is 4. The van der Waals surface area contributed by atoms with Gasteiger partial charge in [-0.05, 0) is 11.5 Å². The molecule has 1 aromatic carbocycles. The van der Waals surface area contributed by atoms with Crippen LogP contribution in [0.4, 0.5) is 13.2 Å². The zero-order valence-corrected chi connectivity index (χ0v) is 12.9. The van der Waals surface area contributed by atoms with Gasteiger partial charge in [0.25, 0.3) is 9.84 Å². The molecule has 2 atom stereocenters. The van der Waals surface area contributed by atoms with Gasteiger partial charge in [0.05, 0.1) is 0 Å². The number of sulfone groups is 1. The smallest absolute Gasteiger partial charge is 0.460 e. The maximum Gasteiger partial charge on any atom is 0.498 e. The summed E-state index contributed by atoms with van der Waals surface area (Å²) in [6.45, 7) is 2.51. The number of carbonyl (C=O) groups is 1. The third kappa shape index (κ3) is 4.22. The van der Waals surface area contributed by atoms with Crippen molar-refractivity contribution in [2.24, 2.45) is 5.92 Å². The Morgan fingerprint density at radius 1 is 1.23 bits per heavy atom. The van der Waals surface area contributed by atoms with Crippen LogP contribution in [-0.2, 0) is 26.0 Å². The molecule has 124 valence electrons. The molecule has 0 amide bonds. The lowest BCUT2D eigenvalue weighted by atomic mass is 10.1. The first-order valence-electron chi connectivity index (χ1n) is 6.62. The molecule has 0 aliphatic heterocycles. The molecule has 1 aromatic rings. The fourth-order valence-electron chi connectivity index (χ4n) is 1.83. The van der Waals surface area contributed by atoms with E-state index < -0.39 is 32.5 Å². The number of benzene rings is 1. The summed E-state index contributed by atoms with van der Waals surface area (Å²) in [5.41, 5.74) is -4.93. The minimum Gasteiger partial charge on any atom is -0.460 e. The monoisotopic (exact) mass is 338 g/mol. The summed E-state index contributed by atoms with van der Waals surface area (Å²) in [6.07, 6.45) is 0.0976. The molecule has 0 radical (unpaired) electrons. The van der Waals surface area contributed by atoms with Gasteiger partial charge in [0, 0.05) is 0 Å². The van der Waals surface area contributed by atoms with Crippen molar-refractivity contribution in [2.45, 2.75) is 37.6 Å². The predicted molar refractivity (Wildman–Crippen MR) is 74.5 cm³/mol. The lowest BCUT2D eigenvalue weighted by molar-refractivity contribution is -0.146. The average molecular weight is 338 g/mol. The highest BCUT2D eigenvalue weighted by atomic mass is 32.2. The Hall–Kier alpha value is -1.57. The highest BCUT2D eigenvalue weighted by Gasteiger charge is 2.55. The van der Waals surface area contributed by atoms with Gasteiger partial charge in [0.2, 0.25) is 0 Å². The van der Waals surface area contributed by atoms with E-state index in [1.807, 2.05) is 0 Å². The van der Waals surface area contributed by atoms with Crippen LogP contribution in [0.1, 0.15) is 25.8 Å². The van der Waals surface area contributed by atoms with Crippen molar-refractivity contribution in [3.8, 4) is 0 Å². The third-order valence-electron chi connectivity index (χ3n) is 3.27. The number of ether oxygens (including phenoxy) is 1. The molecule has 0 saturated heterocycles. The zero-order chi connectivity index (χ0) is 17.0. The molecule has 0 fully saturated rings. The summed E-state index contributed by atoms with van der Waals surface area (Å²) in [5.74, 6) is -2.38. The largest absolute Gasteiger partial charge is 0.498 e. The van der Waals surface area contributed by atoms with Crippen LogP contribution in [0.3, 0.4) is 0 Å². The number of rotatable bonds is 6. The Balaban J connectivity index is 2.96. The Kier molecular flexibility index (Phi) is 5.99. The van der Waals surface area contributed by atoms with Gasteiger partial charge in [0.1, 0.15) is 6.61 Å². The van der Waals surface area contributed by atoms with Crippen molar-refractivity contribution >= 4 is 15.8 Å². The van der Waals surface area contributed by atoms with E-state index in [9.17, 15) is 26.4 Å². The number of alkyl halides is 3. The third-order valence-corrected chi connectivity index (χ3v) is 5.24. The summed E-state index contributed by atoms with van der Waals surface area (Å²) in [6, 6.07) is 8.29. The molecule has 0 aromatic heterocycles. The van der Waals surface area contributed by atoms with Gasteiger partial charge >= 0.3 is 11.5 Å². The molecule has 1 rings (SSSR count). The van der Waals surface area contributed by atoms with Crippen LogP contribution in [0.2, 0.25) is 0 Å². The quantitative estimate of drug-likeness (QED) is 0.748. The van der Waals surface area contributed by atoms with Crippen molar-refractivity contribution in [1.82, 2.24) is 0 Å². The first-order chi connectivity index (χ1) is 10.1. The normalized spacial score (nSPS) is 15.1. The van der Waals surface area contributed by atoms with Crippen LogP contribution in [0.5, 0.6) is 0 Å². The van der Waals surface area contributed by atoms with E-state index >= 15 is 0 Å². The summed E-state index contributed by atoms with van der Waals surface area (Å²) in [4.78, 5) is 11.9. The van der Waals surface area contributed by atoms with Crippen LogP contribution in [0.15, 0.2) is 30.3 Å². The Labute approximate surface area is 127 Å². The van der Waals surface area contributed by atoms with Crippen LogP contribution in [-0.4, -0.2) is 25.1 Å². The van der Waals surface area contributed by atoms with Crippen molar-refractivity contribution in [1.29, 1.82) is 0 Å². The number of hydrogen-bond donors (Lipinski definition) is 0. The molecule has 0 spiro atoms. The summed E-state index contributed by atoms with van der Waals surface area (Å²) < 4.78 is 66.1. The standard InChI is InChI=1S/C14H17F3O4S/c1-3-10(2)12(22(19,20)14(15,16)17)13(18)21-9-11-7-5-4-6-8-11/h4-8,10,12H,3,9H2,1-2H3/t10-,12-/m0/s1. The second-order valence-corrected chi connectivity index (χ2v) is 6.95. The first-order valence-corrected chi connectivity index (χ1v) is 8.16. The van der Waals surface area contributed by atoms with E-state index in [0.717, 1.165) is 0 Å². The summed E-state index contributed by atoms with van der Waals surface area (Å²) in [7, 11) is -5.63. The van der Waals surface area contributed by atoms with Crippen molar-refractivity contribution < 1.29 is 31.1 Å². The molecule has 0 aliphatic rings. The van der Waals surface area contributed by atoms with Gasteiger partial charge in [-0.3, -0.25) is 4.79 Å². The SMILES string of the molecule is CC[C@H](C)[C@@H](C(=O)OCc1ccccc1)S(=O)(=O)C(F)(F)F. The second-order valence-electron chi connectivity index (χ2n) is 4.89. The fraction of sp³-hybridized carbons (Fsp3) is 0.500. The van der Waals surface area contributed by atoms with E-state index in [-0.39, 0.29) is 13.0 Å². The van der Waals surface area contributed by atoms with Crippen LogP contribution < -0.4 is 0 Å². The molecule has 22 heavy (non-hydrogen) atoms. The van der Waals surface area contributed by atoms with E-state index in [1.54, 1.807) is 30.3 Å². The number of carbonyl (C=O) groups excluding carboxylic acids is 1. The molecule has 0 saturated carbocycles. The summed E-state index contributed by atoms with van der Waals surface area (Å²) in [5, 5.41) is -2.25. The zero-order valence-electron chi connectivity index (χ0n) is 12.1. The minimum atomic E-state index is -5.63. The molecule has 0 heterocycles. The molecular formula is C14H17F3O4S. The van der Waals surface area contributed by atoms with Crippen LogP contribution in [0.25, 0.3) is 0 Å². The van der Waals surface area contributed by atoms with Gasteiger partial charge in [-0.1, -0.05) is 50.6 Å². The highest BCUT2D eigenvalue weighted by Crippen LogP contribution is 2.32. The molecule has 8 heteroatoms. The minimum absolute atomic E-state index is 0.0976. The van der Waals surface area contributed by atoms with Crippen molar-refractivity contribution in [2.75, 3.05) is 0 Å². The lowest BCUT2D eigenvalue weighted by Gasteiger charge is -2.22. The van der Waals surface area contributed by atoms with Crippen LogP contribution in [0, 0.1) is 5.92 Å². The first kappa shape index (κ1) is 18.5.